The third-order valence-electron chi connectivity index (χ3n) is 4.53. The van der Waals surface area contributed by atoms with Gasteiger partial charge in [-0.05, 0) is 43.9 Å². The molecule has 3 nitrogen and oxygen atoms in total. The van der Waals surface area contributed by atoms with Gasteiger partial charge in [-0.25, -0.2) is 4.98 Å². The predicted octanol–water partition coefficient (Wildman–Crippen LogP) is 3.65. The second-order valence-corrected chi connectivity index (χ2v) is 5.76. The van der Waals surface area contributed by atoms with Gasteiger partial charge in [0.2, 0.25) is 0 Å². The topological polar surface area (TPSA) is 37.9 Å². The van der Waals surface area contributed by atoms with Crippen LogP contribution in [0.1, 0.15) is 45.0 Å². The van der Waals surface area contributed by atoms with E-state index >= 15 is 0 Å². The number of rotatable bonds is 2. The Morgan fingerprint density at radius 2 is 2.00 bits per heavy atom. The Morgan fingerprint density at radius 3 is 2.63 bits per heavy atom. The van der Waals surface area contributed by atoms with Gasteiger partial charge in [0.05, 0.1) is 23.2 Å². The van der Waals surface area contributed by atoms with Crippen LogP contribution in [0.4, 0.5) is 0 Å². The van der Waals surface area contributed by atoms with Crippen LogP contribution in [0.3, 0.4) is 0 Å². The van der Waals surface area contributed by atoms with Crippen LogP contribution in [0.25, 0.3) is 11.0 Å². The molecule has 0 amide bonds. The maximum Gasteiger partial charge on any atom is 0.113 e. The molecule has 3 rings (SSSR count). The van der Waals surface area contributed by atoms with Crippen molar-refractivity contribution in [2.24, 2.45) is 5.92 Å². The second kappa shape index (κ2) is 4.64. The van der Waals surface area contributed by atoms with Crippen LogP contribution < -0.4 is 0 Å². The van der Waals surface area contributed by atoms with Gasteiger partial charge in [0, 0.05) is 5.92 Å². The molecule has 2 aromatic rings. The summed E-state index contributed by atoms with van der Waals surface area (Å²) in [4.78, 5) is 8.27. The maximum atomic E-state index is 5.92. The molecule has 2 heterocycles. The van der Waals surface area contributed by atoms with E-state index in [-0.39, 0.29) is 6.10 Å². The van der Waals surface area contributed by atoms with Crippen molar-refractivity contribution in [2.75, 3.05) is 0 Å². The third-order valence-corrected chi connectivity index (χ3v) is 4.53. The van der Waals surface area contributed by atoms with Crippen LogP contribution in [-0.2, 0) is 11.2 Å². The van der Waals surface area contributed by atoms with E-state index in [9.17, 15) is 0 Å². The number of fused-ring (bicyclic) bond motifs is 1. The zero-order valence-corrected chi connectivity index (χ0v) is 12.1. The smallest absolute Gasteiger partial charge is 0.113 e. The molecule has 0 aliphatic carbocycles. The average Bonchev–Trinajstić information content (AvgIpc) is 2.90. The molecule has 3 heteroatoms. The molecule has 1 saturated heterocycles. The Kier molecular flexibility index (Phi) is 3.09. The lowest BCUT2D eigenvalue weighted by Gasteiger charge is -2.15. The number of hydrogen-bond donors (Lipinski definition) is 1. The summed E-state index contributed by atoms with van der Waals surface area (Å²) in [5.74, 6) is 1.95. The number of ether oxygens (including phenoxy) is 1. The van der Waals surface area contributed by atoms with Crippen molar-refractivity contribution in [3.05, 3.63) is 29.6 Å². The van der Waals surface area contributed by atoms with Gasteiger partial charge in [0.15, 0.2) is 0 Å². The highest BCUT2D eigenvalue weighted by Gasteiger charge is 2.39. The Labute approximate surface area is 114 Å². The number of nitrogens with zero attached hydrogens (tertiary/aromatic N) is 1. The Morgan fingerprint density at radius 1 is 1.21 bits per heavy atom. The molecule has 0 saturated carbocycles. The summed E-state index contributed by atoms with van der Waals surface area (Å²) < 4.78 is 5.92. The number of aromatic nitrogens is 2. The SMILES string of the molecule is CCc1ccc2nc(C3C(C)OC(C)C3C)[nH]c2c1. The van der Waals surface area contributed by atoms with Crippen LogP contribution in [0, 0.1) is 5.92 Å². The summed E-state index contributed by atoms with van der Waals surface area (Å²) in [7, 11) is 0. The molecule has 1 aromatic carbocycles. The molecule has 1 aromatic heterocycles. The van der Waals surface area contributed by atoms with E-state index in [1.54, 1.807) is 0 Å². The summed E-state index contributed by atoms with van der Waals surface area (Å²) in [6, 6.07) is 6.48. The summed E-state index contributed by atoms with van der Waals surface area (Å²) >= 11 is 0. The van der Waals surface area contributed by atoms with Crippen molar-refractivity contribution in [1.29, 1.82) is 0 Å². The van der Waals surface area contributed by atoms with Crippen LogP contribution in [0.2, 0.25) is 0 Å². The fourth-order valence-electron chi connectivity index (χ4n) is 3.19. The fourth-order valence-corrected chi connectivity index (χ4v) is 3.19. The molecule has 0 bridgehead atoms. The highest BCUT2D eigenvalue weighted by atomic mass is 16.5. The molecule has 4 atom stereocenters. The van der Waals surface area contributed by atoms with Gasteiger partial charge in [-0.1, -0.05) is 19.9 Å². The predicted molar refractivity (Wildman–Crippen MR) is 77.4 cm³/mol. The largest absolute Gasteiger partial charge is 0.374 e. The molecule has 1 aliphatic heterocycles. The first-order chi connectivity index (χ1) is 9.10. The minimum atomic E-state index is 0.233. The van der Waals surface area contributed by atoms with Gasteiger partial charge in [-0.2, -0.15) is 0 Å². The molecule has 0 radical (unpaired) electrons. The highest BCUT2D eigenvalue weighted by molar-refractivity contribution is 5.76. The lowest BCUT2D eigenvalue weighted by Crippen LogP contribution is -2.16. The van der Waals surface area contributed by atoms with Gasteiger partial charge in [-0.3, -0.25) is 0 Å². The van der Waals surface area contributed by atoms with Gasteiger partial charge < -0.3 is 9.72 Å². The van der Waals surface area contributed by atoms with E-state index < -0.39 is 0 Å². The molecular weight excluding hydrogens is 236 g/mol. The van der Waals surface area contributed by atoms with Crippen LogP contribution in [-0.4, -0.2) is 22.2 Å². The van der Waals surface area contributed by atoms with Gasteiger partial charge in [-0.15, -0.1) is 0 Å². The van der Waals surface area contributed by atoms with E-state index in [2.05, 4.69) is 50.9 Å². The Hall–Kier alpha value is -1.35. The normalized spacial score (nSPS) is 31.2. The zero-order valence-electron chi connectivity index (χ0n) is 12.1. The van der Waals surface area contributed by atoms with Gasteiger partial charge in [0.25, 0.3) is 0 Å². The number of H-pyrrole nitrogens is 1. The van der Waals surface area contributed by atoms with Crippen molar-refractivity contribution in [3.8, 4) is 0 Å². The molecule has 19 heavy (non-hydrogen) atoms. The Balaban J connectivity index is 2.01. The lowest BCUT2D eigenvalue weighted by atomic mass is 9.89. The molecule has 1 aliphatic rings. The Bertz CT molecular complexity index is 589. The van der Waals surface area contributed by atoms with E-state index in [0.717, 1.165) is 23.3 Å². The van der Waals surface area contributed by atoms with Crippen molar-refractivity contribution >= 4 is 11.0 Å². The molecule has 1 N–H and O–H groups in total. The first kappa shape index (κ1) is 12.7. The van der Waals surface area contributed by atoms with Crippen LogP contribution in [0.15, 0.2) is 18.2 Å². The average molecular weight is 258 g/mol. The number of nitrogens with one attached hydrogen (secondary N) is 1. The van der Waals surface area contributed by atoms with Crippen LogP contribution >= 0.6 is 0 Å². The first-order valence-corrected chi connectivity index (χ1v) is 7.24. The molecule has 4 unspecified atom stereocenters. The minimum Gasteiger partial charge on any atom is -0.374 e. The molecule has 102 valence electrons. The zero-order chi connectivity index (χ0) is 13.6. The molecule has 0 spiro atoms. The standard InChI is InChI=1S/C16H22N2O/c1-5-12-6-7-13-14(8-12)18-16(17-13)15-9(2)10(3)19-11(15)4/h6-11,15H,5H2,1-4H3,(H,17,18). The number of imidazole rings is 1. The second-order valence-electron chi connectivity index (χ2n) is 5.76. The fraction of sp³-hybridized carbons (Fsp3) is 0.562. The summed E-state index contributed by atoms with van der Waals surface area (Å²) in [5, 5.41) is 0. The van der Waals surface area contributed by atoms with E-state index in [1.807, 2.05) is 0 Å². The van der Waals surface area contributed by atoms with Gasteiger partial charge in [0.1, 0.15) is 5.82 Å². The van der Waals surface area contributed by atoms with E-state index in [4.69, 9.17) is 9.72 Å². The summed E-state index contributed by atoms with van der Waals surface area (Å²) in [5.41, 5.74) is 3.55. The monoisotopic (exact) mass is 258 g/mol. The highest BCUT2D eigenvalue weighted by Crippen LogP contribution is 2.39. The summed E-state index contributed by atoms with van der Waals surface area (Å²) in [6.07, 6.45) is 1.59. The lowest BCUT2D eigenvalue weighted by molar-refractivity contribution is 0.0554. The maximum absolute atomic E-state index is 5.92. The number of aromatic amines is 1. The molecule has 1 fully saturated rings. The van der Waals surface area contributed by atoms with Crippen molar-refractivity contribution in [1.82, 2.24) is 9.97 Å². The summed E-state index contributed by atoms with van der Waals surface area (Å²) in [6.45, 7) is 8.73. The van der Waals surface area contributed by atoms with Crippen molar-refractivity contribution in [3.63, 3.8) is 0 Å². The van der Waals surface area contributed by atoms with Crippen LogP contribution in [0.5, 0.6) is 0 Å². The van der Waals surface area contributed by atoms with Crippen molar-refractivity contribution < 1.29 is 4.74 Å². The quantitative estimate of drug-likeness (QED) is 0.892. The number of hydrogen-bond acceptors (Lipinski definition) is 2. The molecular formula is C16H22N2O. The van der Waals surface area contributed by atoms with E-state index in [0.29, 0.717) is 17.9 Å². The van der Waals surface area contributed by atoms with Gasteiger partial charge >= 0.3 is 0 Å². The number of benzene rings is 1. The third kappa shape index (κ3) is 2.06. The first-order valence-electron chi connectivity index (χ1n) is 7.24. The number of aryl methyl sites for hydroxylation is 1. The minimum absolute atomic E-state index is 0.233. The van der Waals surface area contributed by atoms with Crippen molar-refractivity contribution in [2.45, 2.75) is 52.2 Å². The van der Waals surface area contributed by atoms with E-state index in [1.165, 1.54) is 5.56 Å².